The van der Waals surface area contributed by atoms with E-state index >= 15 is 0 Å². The second-order valence-corrected chi connectivity index (χ2v) is 8.67. The first-order valence-corrected chi connectivity index (χ1v) is 10.4. The highest BCUT2D eigenvalue weighted by molar-refractivity contribution is 7.18. The molecule has 3 heterocycles. The Morgan fingerprint density at radius 1 is 1.30 bits per heavy atom. The number of nitrogens with zero attached hydrogens (tertiary/aromatic N) is 1. The van der Waals surface area contributed by atoms with Crippen LogP contribution in [0.4, 0.5) is 5.69 Å². The molecule has 7 heteroatoms. The Hall–Kier alpha value is -2.02. The highest BCUT2D eigenvalue weighted by Gasteiger charge is 2.17. The Balaban J connectivity index is 1.55. The van der Waals surface area contributed by atoms with E-state index in [9.17, 15) is 9.90 Å². The molecular formula is C20H22ClN3O2S. The van der Waals surface area contributed by atoms with E-state index in [0.717, 1.165) is 31.4 Å². The molecule has 0 radical (unpaired) electrons. The zero-order chi connectivity index (χ0) is 18.8. The van der Waals surface area contributed by atoms with Crippen molar-refractivity contribution in [3.05, 3.63) is 45.7 Å². The number of aromatic nitrogens is 1. The van der Waals surface area contributed by atoms with Crippen LogP contribution in [-0.2, 0) is 6.54 Å². The van der Waals surface area contributed by atoms with E-state index < -0.39 is 0 Å². The maximum atomic E-state index is 12.5. The summed E-state index contributed by atoms with van der Waals surface area (Å²) in [5, 5.41) is 18.7. The lowest BCUT2D eigenvalue weighted by Crippen LogP contribution is -2.28. The summed E-state index contributed by atoms with van der Waals surface area (Å²) in [4.78, 5) is 13.0. The van der Waals surface area contributed by atoms with Crippen molar-refractivity contribution in [3.63, 3.8) is 0 Å². The number of anilines is 1. The van der Waals surface area contributed by atoms with Crippen LogP contribution in [0, 0.1) is 5.92 Å². The number of halogens is 1. The number of benzene rings is 1. The third kappa shape index (κ3) is 3.98. The predicted octanol–water partition coefficient (Wildman–Crippen LogP) is 4.70. The van der Waals surface area contributed by atoms with Gasteiger partial charge in [0.2, 0.25) is 5.88 Å². The lowest BCUT2D eigenvalue weighted by atomic mass is 9.95. The van der Waals surface area contributed by atoms with Gasteiger partial charge in [-0.05, 0) is 56.5 Å². The molecule has 0 spiro atoms. The Kier molecular flexibility index (Phi) is 5.38. The highest BCUT2D eigenvalue weighted by atomic mass is 35.5. The first-order valence-electron chi connectivity index (χ1n) is 9.20. The second-order valence-electron chi connectivity index (χ2n) is 6.96. The van der Waals surface area contributed by atoms with Crippen molar-refractivity contribution >= 4 is 45.3 Å². The van der Waals surface area contributed by atoms with Crippen molar-refractivity contribution in [1.29, 1.82) is 0 Å². The van der Waals surface area contributed by atoms with Crippen LogP contribution in [0.5, 0.6) is 5.88 Å². The molecule has 2 aromatic heterocycles. The third-order valence-electron chi connectivity index (χ3n) is 5.17. The van der Waals surface area contributed by atoms with Crippen molar-refractivity contribution in [2.45, 2.75) is 25.8 Å². The number of hydrogen-bond acceptors (Lipinski definition) is 4. The molecule has 0 atom stereocenters. The Bertz CT molecular complexity index is 959. The molecule has 1 aromatic carbocycles. The molecule has 1 amide bonds. The highest BCUT2D eigenvalue weighted by Crippen LogP contribution is 2.35. The van der Waals surface area contributed by atoms with Gasteiger partial charge in [-0.15, -0.1) is 11.3 Å². The maximum Gasteiger partial charge on any atom is 0.265 e. The van der Waals surface area contributed by atoms with Gasteiger partial charge in [0.15, 0.2) is 0 Å². The van der Waals surface area contributed by atoms with Gasteiger partial charge in [-0.1, -0.05) is 23.7 Å². The van der Waals surface area contributed by atoms with E-state index in [1.54, 1.807) is 12.1 Å². The quantitative estimate of drug-likeness (QED) is 0.578. The first-order chi connectivity index (χ1) is 13.1. The Labute approximate surface area is 167 Å². The molecule has 0 unspecified atom stereocenters. The fourth-order valence-electron chi connectivity index (χ4n) is 3.69. The van der Waals surface area contributed by atoms with Gasteiger partial charge in [0.05, 0.1) is 20.3 Å². The molecule has 142 valence electrons. The number of nitrogens with one attached hydrogen (secondary N) is 2. The van der Waals surface area contributed by atoms with Crippen molar-refractivity contribution < 1.29 is 9.90 Å². The molecule has 5 nitrogen and oxygen atoms in total. The first kappa shape index (κ1) is 18.3. The van der Waals surface area contributed by atoms with Crippen LogP contribution in [0.3, 0.4) is 0 Å². The molecule has 0 saturated carbocycles. The fraction of sp³-hybridized carbons (Fsp3) is 0.350. The minimum absolute atomic E-state index is 0.207. The molecule has 0 bridgehead atoms. The Morgan fingerprint density at radius 3 is 2.85 bits per heavy atom. The average molecular weight is 404 g/mol. The number of rotatable bonds is 5. The summed E-state index contributed by atoms with van der Waals surface area (Å²) < 4.78 is 2.47. The largest absolute Gasteiger partial charge is 0.494 e. The van der Waals surface area contributed by atoms with Crippen molar-refractivity contribution in [3.8, 4) is 5.88 Å². The zero-order valence-corrected chi connectivity index (χ0v) is 16.4. The predicted molar refractivity (Wildman–Crippen MR) is 111 cm³/mol. The monoisotopic (exact) mass is 403 g/mol. The summed E-state index contributed by atoms with van der Waals surface area (Å²) in [5.74, 6) is 0.680. The van der Waals surface area contributed by atoms with E-state index in [2.05, 4.69) is 10.6 Å². The number of aryl methyl sites for hydroxylation is 1. The number of amides is 1. The SMILES string of the molecule is O=C(Nc1cccc2cn(CCC3CCNCC3)c(O)c12)c1ccc(Cl)s1. The van der Waals surface area contributed by atoms with Gasteiger partial charge in [-0.2, -0.15) is 0 Å². The van der Waals surface area contributed by atoms with E-state index in [-0.39, 0.29) is 11.8 Å². The second kappa shape index (κ2) is 7.92. The van der Waals surface area contributed by atoms with E-state index in [1.165, 1.54) is 24.2 Å². The van der Waals surface area contributed by atoms with E-state index in [1.807, 2.05) is 29.0 Å². The van der Waals surface area contributed by atoms with Crippen LogP contribution >= 0.6 is 22.9 Å². The molecule has 27 heavy (non-hydrogen) atoms. The van der Waals surface area contributed by atoms with Crippen LogP contribution in [0.25, 0.3) is 10.8 Å². The molecule has 1 aliphatic heterocycles. The lowest BCUT2D eigenvalue weighted by Gasteiger charge is -2.22. The van der Waals surface area contributed by atoms with E-state index in [0.29, 0.717) is 26.2 Å². The molecule has 3 N–H and O–H groups in total. The topological polar surface area (TPSA) is 66.3 Å². The summed E-state index contributed by atoms with van der Waals surface area (Å²) in [6.45, 7) is 2.93. The van der Waals surface area contributed by atoms with Crippen LogP contribution in [0.15, 0.2) is 36.5 Å². The van der Waals surface area contributed by atoms with Crippen LogP contribution < -0.4 is 10.6 Å². The van der Waals surface area contributed by atoms with Gasteiger partial charge in [-0.25, -0.2) is 0 Å². The van der Waals surface area contributed by atoms with Gasteiger partial charge in [0, 0.05) is 18.1 Å². The number of thiophene rings is 1. The van der Waals surface area contributed by atoms with Gasteiger partial charge in [0.1, 0.15) is 0 Å². The Morgan fingerprint density at radius 2 is 2.11 bits per heavy atom. The molecule has 1 aliphatic rings. The molecule has 1 saturated heterocycles. The molecular weight excluding hydrogens is 382 g/mol. The zero-order valence-electron chi connectivity index (χ0n) is 14.9. The van der Waals surface area contributed by atoms with Crippen molar-refractivity contribution in [1.82, 2.24) is 9.88 Å². The van der Waals surface area contributed by atoms with Crippen molar-refractivity contribution in [2.75, 3.05) is 18.4 Å². The summed E-state index contributed by atoms with van der Waals surface area (Å²) in [6.07, 6.45) is 5.38. The number of hydrogen-bond donors (Lipinski definition) is 3. The summed E-state index contributed by atoms with van der Waals surface area (Å²) in [6, 6.07) is 9.05. The van der Waals surface area contributed by atoms with Crippen LogP contribution in [0.2, 0.25) is 4.34 Å². The molecule has 0 aliphatic carbocycles. The third-order valence-corrected chi connectivity index (χ3v) is 6.40. The number of fused-ring (bicyclic) bond motifs is 1. The van der Waals surface area contributed by atoms with Crippen LogP contribution in [0.1, 0.15) is 28.9 Å². The lowest BCUT2D eigenvalue weighted by molar-refractivity contribution is 0.103. The number of carbonyl (C=O) groups excluding carboxylic acids is 1. The minimum Gasteiger partial charge on any atom is -0.494 e. The summed E-state index contributed by atoms with van der Waals surface area (Å²) in [5.41, 5.74) is 0.611. The normalized spacial score (nSPS) is 15.3. The number of aromatic hydroxyl groups is 1. The van der Waals surface area contributed by atoms with Gasteiger partial charge in [0.25, 0.3) is 5.91 Å². The summed E-state index contributed by atoms with van der Waals surface area (Å²) >= 11 is 7.16. The van der Waals surface area contributed by atoms with Crippen LogP contribution in [-0.4, -0.2) is 28.7 Å². The number of piperidine rings is 1. The van der Waals surface area contributed by atoms with Crippen molar-refractivity contribution in [2.24, 2.45) is 5.92 Å². The molecule has 3 aromatic rings. The van der Waals surface area contributed by atoms with E-state index in [4.69, 9.17) is 11.6 Å². The average Bonchev–Trinajstić information content (AvgIpc) is 3.25. The smallest absolute Gasteiger partial charge is 0.265 e. The standard InChI is InChI=1S/C20H22ClN3O2S/c21-17-5-4-16(27-17)19(25)23-15-3-1-2-14-12-24(20(26)18(14)15)11-8-13-6-9-22-10-7-13/h1-5,12-13,22,26H,6-11H2,(H,23,25). The summed E-state index contributed by atoms with van der Waals surface area (Å²) in [7, 11) is 0. The fourth-order valence-corrected chi connectivity index (χ4v) is 4.63. The molecule has 4 rings (SSSR count). The van der Waals surface area contributed by atoms with Gasteiger partial charge in [-0.3, -0.25) is 4.79 Å². The number of carbonyl (C=O) groups is 1. The molecule has 1 fully saturated rings. The minimum atomic E-state index is -0.221. The van der Waals surface area contributed by atoms with Gasteiger partial charge < -0.3 is 20.3 Å². The van der Waals surface area contributed by atoms with Gasteiger partial charge >= 0.3 is 0 Å². The maximum absolute atomic E-state index is 12.5.